The van der Waals surface area contributed by atoms with Crippen LogP contribution < -0.4 is 5.32 Å². The zero-order valence-corrected chi connectivity index (χ0v) is 13.4. The van der Waals surface area contributed by atoms with Gasteiger partial charge in [-0.15, -0.1) is 22.7 Å². The highest BCUT2D eigenvalue weighted by Crippen LogP contribution is 2.32. The second-order valence-corrected chi connectivity index (χ2v) is 7.10. The molecule has 1 unspecified atom stereocenters. The first kappa shape index (κ1) is 14.6. The minimum atomic E-state index is -0.170. The molecule has 2 nitrogen and oxygen atoms in total. The van der Waals surface area contributed by atoms with Crippen LogP contribution in [0.15, 0.2) is 36.0 Å². The lowest BCUT2D eigenvalue weighted by molar-refractivity contribution is 0.539. The third-order valence-corrected chi connectivity index (χ3v) is 5.39. The van der Waals surface area contributed by atoms with E-state index >= 15 is 0 Å². The van der Waals surface area contributed by atoms with Crippen LogP contribution in [0, 0.1) is 5.82 Å². The van der Waals surface area contributed by atoms with E-state index in [1.165, 1.54) is 15.8 Å². The third kappa shape index (κ3) is 3.48. The van der Waals surface area contributed by atoms with Gasteiger partial charge in [-0.3, -0.25) is 4.98 Å². The minimum absolute atomic E-state index is 0.170. The highest BCUT2D eigenvalue weighted by Gasteiger charge is 2.15. The van der Waals surface area contributed by atoms with Crippen LogP contribution >= 0.6 is 22.7 Å². The molecular weight excluding hydrogens is 303 g/mol. The van der Waals surface area contributed by atoms with Gasteiger partial charge in [0.1, 0.15) is 5.82 Å². The summed E-state index contributed by atoms with van der Waals surface area (Å²) in [5.41, 5.74) is 1.87. The first-order chi connectivity index (χ1) is 10.3. The van der Waals surface area contributed by atoms with Crippen LogP contribution in [-0.2, 0) is 6.42 Å². The molecule has 5 heteroatoms. The van der Waals surface area contributed by atoms with Crippen molar-refractivity contribution >= 4 is 32.8 Å². The molecule has 0 aliphatic carbocycles. The van der Waals surface area contributed by atoms with E-state index in [9.17, 15) is 4.39 Å². The molecule has 0 saturated carbocycles. The molecule has 0 radical (unpaired) electrons. The summed E-state index contributed by atoms with van der Waals surface area (Å²) < 4.78 is 14.4. The average Bonchev–Trinajstić information content (AvgIpc) is 3.11. The van der Waals surface area contributed by atoms with E-state index in [1.54, 1.807) is 28.7 Å². The summed E-state index contributed by atoms with van der Waals surface area (Å²) in [4.78, 5) is 6.68. The standard InChI is InChI=1S/C16H17FN2S2/c1-2-5-19-14(8-13-9-18-10-20-13)16-6-11-3-4-12(17)7-15(11)21-16/h3-4,6-7,9-10,14,19H,2,5,8H2,1H3. The summed E-state index contributed by atoms with van der Waals surface area (Å²) >= 11 is 3.36. The number of halogens is 1. The molecule has 3 aromatic rings. The fourth-order valence-electron chi connectivity index (χ4n) is 2.33. The second-order valence-electron chi connectivity index (χ2n) is 5.01. The van der Waals surface area contributed by atoms with E-state index in [0.29, 0.717) is 0 Å². The minimum Gasteiger partial charge on any atom is -0.309 e. The number of nitrogens with one attached hydrogen (secondary N) is 1. The van der Waals surface area contributed by atoms with Crippen molar-refractivity contribution in [1.82, 2.24) is 10.3 Å². The molecule has 21 heavy (non-hydrogen) atoms. The van der Waals surface area contributed by atoms with E-state index in [1.807, 2.05) is 17.8 Å². The van der Waals surface area contributed by atoms with Crippen LogP contribution in [0.4, 0.5) is 4.39 Å². The summed E-state index contributed by atoms with van der Waals surface area (Å²) in [6.07, 6.45) is 3.96. The normalized spacial score (nSPS) is 12.9. The highest BCUT2D eigenvalue weighted by atomic mass is 32.1. The van der Waals surface area contributed by atoms with Gasteiger partial charge in [-0.05, 0) is 36.6 Å². The van der Waals surface area contributed by atoms with Crippen LogP contribution in [0.3, 0.4) is 0 Å². The van der Waals surface area contributed by atoms with Crippen LogP contribution in [0.1, 0.15) is 29.1 Å². The quantitative estimate of drug-likeness (QED) is 0.707. The summed E-state index contributed by atoms with van der Waals surface area (Å²) in [7, 11) is 0. The van der Waals surface area contributed by atoms with E-state index in [2.05, 4.69) is 23.3 Å². The smallest absolute Gasteiger partial charge is 0.124 e. The van der Waals surface area contributed by atoms with Crippen molar-refractivity contribution in [3.8, 4) is 0 Å². The molecule has 0 fully saturated rings. The van der Waals surface area contributed by atoms with Crippen molar-refractivity contribution in [3.05, 3.63) is 51.5 Å². The van der Waals surface area contributed by atoms with E-state index < -0.39 is 0 Å². The number of fused-ring (bicyclic) bond motifs is 1. The lowest BCUT2D eigenvalue weighted by atomic mass is 10.1. The Morgan fingerprint density at radius 3 is 3.00 bits per heavy atom. The Kier molecular flexibility index (Phi) is 4.63. The van der Waals surface area contributed by atoms with Gasteiger partial charge in [-0.25, -0.2) is 4.39 Å². The van der Waals surface area contributed by atoms with Crippen molar-refractivity contribution in [3.63, 3.8) is 0 Å². The van der Waals surface area contributed by atoms with Crippen LogP contribution in [-0.4, -0.2) is 11.5 Å². The topological polar surface area (TPSA) is 24.9 Å². The lowest BCUT2D eigenvalue weighted by Gasteiger charge is -2.16. The molecule has 0 aliphatic heterocycles. The molecule has 110 valence electrons. The summed E-state index contributed by atoms with van der Waals surface area (Å²) in [6.45, 7) is 3.14. The first-order valence-electron chi connectivity index (χ1n) is 7.06. The molecular formula is C16H17FN2S2. The SMILES string of the molecule is CCCNC(Cc1cncs1)c1cc2ccc(F)cc2s1. The second kappa shape index (κ2) is 6.64. The monoisotopic (exact) mass is 320 g/mol. The lowest BCUT2D eigenvalue weighted by Crippen LogP contribution is -2.22. The number of hydrogen-bond acceptors (Lipinski definition) is 4. The van der Waals surface area contributed by atoms with Gasteiger partial charge in [0.25, 0.3) is 0 Å². The first-order valence-corrected chi connectivity index (χ1v) is 8.75. The van der Waals surface area contributed by atoms with Gasteiger partial charge < -0.3 is 5.32 Å². The Morgan fingerprint density at radius 1 is 1.33 bits per heavy atom. The largest absolute Gasteiger partial charge is 0.309 e. The number of hydrogen-bond donors (Lipinski definition) is 1. The van der Waals surface area contributed by atoms with E-state index in [4.69, 9.17) is 0 Å². The number of thiophene rings is 1. The van der Waals surface area contributed by atoms with E-state index in [-0.39, 0.29) is 11.9 Å². The molecule has 2 heterocycles. The van der Waals surface area contributed by atoms with Crippen LogP contribution in [0.25, 0.3) is 10.1 Å². The van der Waals surface area contributed by atoms with Gasteiger partial charge in [0.2, 0.25) is 0 Å². The third-order valence-electron chi connectivity index (χ3n) is 3.37. The highest BCUT2D eigenvalue weighted by molar-refractivity contribution is 7.19. The fourth-order valence-corrected chi connectivity index (χ4v) is 4.14. The van der Waals surface area contributed by atoms with Crippen molar-refractivity contribution in [2.75, 3.05) is 6.54 Å². The van der Waals surface area contributed by atoms with E-state index in [0.717, 1.165) is 29.5 Å². The van der Waals surface area contributed by atoms with Gasteiger partial charge in [-0.1, -0.05) is 13.0 Å². The average molecular weight is 320 g/mol. The molecule has 3 rings (SSSR count). The van der Waals surface area contributed by atoms with Crippen molar-refractivity contribution in [2.45, 2.75) is 25.8 Å². The van der Waals surface area contributed by atoms with Gasteiger partial charge in [0, 0.05) is 33.1 Å². The molecule has 0 bridgehead atoms. The predicted octanol–water partition coefficient (Wildman–Crippen LogP) is 4.78. The maximum Gasteiger partial charge on any atom is 0.124 e. The number of benzene rings is 1. The van der Waals surface area contributed by atoms with Gasteiger partial charge in [-0.2, -0.15) is 0 Å². The Hall–Kier alpha value is -1.30. The molecule has 1 aromatic carbocycles. The Balaban J connectivity index is 1.89. The molecule has 0 amide bonds. The van der Waals surface area contributed by atoms with Gasteiger partial charge in [0.05, 0.1) is 5.51 Å². The molecule has 0 aliphatic rings. The van der Waals surface area contributed by atoms with Gasteiger partial charge in [0.15, 0.2) is 0 Å². The summed E-state index contributed by atoms with van der Waals surface area (Å²) in [5, 5.41) is 4.71. The Labute approximate surface area is 131 Å². The van der Waals surface area contributed by atoms with Crippen molar-refractivity contribution in [2.24, 2.45) is 0 Å². The number of aromatic nitrogens is 1. The van der Waals surface area contributed by atoms with Crippen LogP contribution in [0.2, 0.25) is 0 Å². The molecule has 0 spiro atoms. The maximum absolute atomic E-state index is 13.3. The molecule has 2 aromatic heterocycles. The van der Waals surface area contributed by atoms with Crippen LogP contribution in [0.5, 0.6) is 0 Å². The molecule has 0 saturated heterocycles. The van der Waals surface area contributed by atoms with Gasteiger partial charge >= 0.3 is 0 Å². The number of thiazole rings is 1. The van der Waals surface area contributed by atoms with Crippen molar-refractivity contribution < 1.29 is 4.39 Å². The Bertz CT molecular complexity index is 706. The molecule has 1 N–H and O–H groups in total. The zero-order chi connectivity index (χ0) is 14.7. The maximum atomic E-state index is 13.3. The summed E-state index contributed by atoms with van der Waals surface area (Å²) in [6, 6.07) is 7.44. The fraction of sp³-hybridized carbons (Fsp3) is 0.312. The molecule has 1 atom stereocenters. The predicted molar refractivity (Wildman–Crippen MR) is 88.6 cm³/mol. The summed E-state index contributed by atoms with van der Waals surface area (Å²) in [5.74, 6) is -0.170. The zero-order valence-electron chi connectivity index (χ0n) is 11.8. The number of rotatable bonds is 6. The Morgan fingerprint density at radius 2 is 2.24 bits per heavy atom. The van der Waals surface area contributed by atoms with Crippen molar-refractivity contribution in [1.29, 1.82) is 0 Å². The number of nitrogens with zero attached hydrogens (tertiary/aromatic N) is 1.